The fraction of sp³-hybridized carbons (Fsp3) is 0.417. The summed E-state index contributed by atoms with van der Waals surface area (Å²) in [6, 6.07) is 8.79. The van der Waals surface area contributed by atoms with E-state index in [1.165, 1.54) is 6.92 Å². The van der Waals surface area contributed by atoms with Crippen LogP contribution in [0.4, 0.5) is 0 Å². The highest BCUT2D eigenvalue weighted by atomic mass is 32.2. The normalized spacial score (nSPS) is 12.9. The maximum absolute atomic E-state index is 11.7. The van der Waals surface area contributed by atoms with Crippen LogP contribution in [0.5, 0.6) is 5.75 Å². The zero-order chi connectivity index (χ0) is 13.6. The molecule has 0 amide bonds. The van der Waals surface area contributed by atoms with Crippen LogP contribution in [0.2, 0.25) is 0 Å². The smallest absolute Gasteiger partial charge is 0.321 e. The predicted octanol–water partition coefficient (Wildman–Crippen LogP) is 1.34. The summed E-state index contributed by atoms with van der Waals surface area (Å²) in [6.07, 6.45) is 0.0585. The van der Waals surface area contributed by atoms with Crippen molar-refractivity contribution in [1.29, 1.82) is 0 Å². The first-order valence-electron chi connectivity index (χ1n) is 5.59. The molecule has 0 radical (unpaired) electrons. The summed E-state index contributed by atoms with van der Waals surface area (Å²) in [5, 5.41) is 7.46. The molecule has 1 N–H and O–H groups in total. The summed E-state index contributed by atoms with van der Waals surface area (Å²) < 4.78 is 28.7. The Morgan fingerprint density at radius 2 is 1.94 bits per heavy atom. The molecule has 1 aromatic rings. The number of carbonyl (C=O) groups is 1. The van der Waals surface area contributed by atoms with Gasteiger partial charge in [0.2, 0.25) is 0 Å². The van der Waals surface area contributed by atoms with E-state index in [1.54, 1.807) is 24.3 Å². The second kappa shape index (κ2) is 6.39. The quantitative estimate of drug-likeness (QED) is 0.810. The number of carboxylic acids is 1. The number of hydrogen-bond donors (Lipinski definition) is 1. The molecule has 0 aliphatic heterocycles. The molecule has 0 saturated heterocycles. The summed E-state index contributed by atoms with van der Waals surface area (Å²) in [5.41, 5.74) is 0. The van der Waals surface area contributed by atoms with Crippen LogP contribution in [0, 0.1) is 0 Å². The van der Waals surface area contributed by atoms with Gasteiger partial charge in [0.05, 0.1) is 5.75 Å². The van der Waals surface area contributed by atoms with Gasteiger partial charge in [0.15, 0.2) is 15.1 Å². The van der Waals surface area contributed by atoms with Gasteiger partial charge in [-0.1, -0.05) is 25.1 Å². The predicted molar refractivity (Wildman–Crippen MR) is 67.4 cm³/mol. The summed E-state index contributed by atoms with van der Waals surface area (Å²) in [6.45, 7) is 1.49. The van der Waals surface area contributed by atoms with Gasteiger partial charge in [-0.2, -0.15) is 0 Å². The van der Waals surface area contributed by atoms with E-state index in [9.17, 15) is 13.2 Å². The van der Waals surface area contributed by atoms with E-state index in [2.05, 4.69) is 0 Å². The summed E-state index contributed by atoms with van der Waals surface area (Å²) in [4.78, 5) is 10.8. The molecule has 1 unspecified atom stereocenters. The maximum atomic E-state index is 11.7. The standard InChI is InChI=1S/C12H16O5S/c1-2-11(12(13)14)18(15,16)9-8-17-10-6-4-3-5-7-10/h3-7,11H,2,8-9H2,1H3,(H,13,14). The van der Waals surface area contributed by atoms with Crippen LogP contribution in [0.25, 0.3) is 0 Å². The van der Waals surface area contributed by atoms with Crippen molar-refractivity contribution in [2.75, 3.05) is 12.4 Å². The van der Waals surface area contributed by atoms with E-state index in [-0.39, 0.29) is 18.8 Å². The largest absolute Gasteiger partial charge is 0.493 e. The maximum Gasteiger partial charge on any atom is 0.321 e. The Labute approximate surface area is 106 Å². The van der Waals surface area contributed by atoms with E-state index in [4.69, 9.17) is 9.84 Å². The molecule has 1 rings (SSSR count). The SMILES string of the molecule is CCC(C(=O)O)S(=O)(=O)CCOc1ccccc1. The van der Waals surface area contributed by atoms with E-state index in [0.717, 1.165) is 0 Å². The van der Waals surface area contributed by atoms with Gasteiger partial charge < -0.3 is 9.84 Å². The van der Waals surface area contributed by atoms with Crippen molar-refractivity contribution in [3.05, 3.63) is 30.3 Å². The van der Waals surface area contributed by atoms with Crippen molar-refractivity contribution in [2.24, 2.45) is 0 Å². The molecule has 6 heteroatoms. The van der Waals surface area contributed by atoms with Gasteiger partial charge in [-0.05, 0) is 18.6 Å². The van der Waals surface area contributed by atoms with Crippen molar-refractivity contribution < 1.29 is 23.1 Å². The molecule has 5 nitrogen and oxygen atoms in total. The van der Waals surface area contributed by atoms with Crippen LogP contribution < -0.4 is 4.74 Å². The number of ether oxygens (including phenoxy) is 1. The summed E-state index contributed by atoms with van der Waals surface area (Å²) in [7, 11) is -3.67. The first-order chi connectivity index (χ1) is 8.47. The Hall–Kier alpha value is -1.56. The van der Waals surface area contributed by atoms with Gasteiger partial charge in [0.1, 0.15) is 12.4 Å². The molecule has 0 heterocycles. The zero-order valence-electron chi connectivity index (χ0n) is 10.1. The lowest BCUT2D eigenvalue weighted by molar-refractivity contribution is -0.136. The lowest BCUT2D eigenvalue weighted by atomic mass is 10.3. The van der Waals surface area contributed by atoms with Gasteiger partial charge in [-0.25, -0.2) is 8.42 Å². The van der Waals surface area contributed by atoms with Crippen LogP contribution in [-0.4, -0.2) is 37.1 Å². The Morgan fingerprint density at radius 3 is 2.44 bits per heavy atom. The molecule has 0 spiro atoms. The van der Waals surface area contributed by atoms with Gasteiger partial charge in [-0.3, -0.25) is 4.79 Å². The molecule has 0 bridgehead atoms. The van der Waals surface area contributed by atoms with Gasteiger partial charge >= 0.3 is 5.97 Å². The molecule has 1 aromatic carbocycles. The van der Waals surface area contributed by atoms with Crippen LogP contribution >= 0.6 is 0 Å². The number of hydrogen-bond acceptors (Lipinski definition) is 4. The third kappa shape index (κ3) is 4.03. The third-order valence-corrected chi connectivity index (χ3v) is 4.60. The number of carboxylic acid groups (broad SMARTS) is 1. The number of para-hydroxylation sites is 1. The molecule has 0 aromatic heterocycles. The average molecular weight is 272 g/mol. The number of rotatable bonds is 7. The topological polar surface area (TPSA) is 80.7 Å². The second-order valence-electron chi connectivity index (χ2n) is 3.76. The molecule has 0 aliphatic rings. The lowest BCUT2D eigenvalue weighted by Gasteiger charge is -2.11. The number of sulfone groups is 1. The minimum Gasteiger partial charge on any atom is -0.493 e. The average Bonchev–Trinajstić information content (AvgIpc) is 2.30. The van der Waals surface area contributed by atoms with Crippen molar-refractivity contribution in [3.8, 4) is 5.75 Å². The highest BCUT2D eigenvalue weighted by Crippen LogP contribution is 2.11. The van der Waals surface area contributed by atoms with Crippen LogP contribution in [-0.2, 0) is 14.6 Å². The van der Waals surface area contributed by atoms with E-state index >= 15 is 0 Å². The van der Waals surface area contributed by atoms with E-state index in [1.807, 2.05) is 6.07 Å². The molecular formula is C12H16O5S. The van der Waals surface area contributed by atoms with Crippen molar-refractivity contribution in [2.45, 2.75) is 18.6 Å². The molecule has 100 valence electrons. The second-order valence-corrected chi connectivity index (χ2v) is 6.07. The van der Waals surface area contributed by atoms with Crippen molar-refractivity contribution in [1.82, 2.24) is 0 Å². The van der Waals surface area contributed by atoms with Crippen molar-refractivity contribution >= 4 is 15.8 Å². The lowest BCUT2D eigenvalue weighted by Crippen LogP contribution is -2.33. The van der Waals surface area contributed by atoms with Gasteiger partial charge in [-0.15, -0.1) is 0 Å². The van der Waals surface area contributed by atoms with Gasteiger partial charge in [0.25, 0.3) is 0 Å². The molecule has 18 heavy (non-hydrogen) atoms. The first kappa shape index (κ1) is 14.5. The fourth-order valence-corrected chi connectivity index (χ4v) is 2.93. The Kier molecular flexibility index (Phi) is 5.15. The number of aliphatic carboxylic acids is 1. The molecule has 0 fully saturated rings. The van der Waals surface area contributed by atoms with Gasteiger partial charge in [0, 0.05) is 0 Å². The van der Waals surface area contributed by atoms with Crippen LogP contribution in [0.15, 0.2) is 30.3 Å². The van der Waals surface area contributed by atoms with Crippen molar-refractivity contribution in [3.63, 3.8) is 0 Å². The minimum absolute atomic E-state index is 0.0455. The molecule has 0 aliphatic carbocycles. The third-order valence-electron chi connectivity index (χ3n) is 2.46. The molecule has 1 atom stereocenters. The highest BCUT2D eigenvalue weighted by molar-refractivity contribution is 7.92. The Balaban J connectivity index is 2.55. The number of benzene rings is 1. The Bertz CT molecular complexity index is 480. The minimum atomic E-state index is -3.67. The summed E-state index contributed by atoms with van der Waals surface area (Å²) >= 11 is 0. The van der Waals surface area contributed by atoms with Crippen LogP contribution in [0.1, 0.15) is 13.3 Å². The zero-order valence-corrected chi connectivity index (χ0v) is 10.9. The van der Waals surface area contributed by atoms with E-state index in [0.29, 0.717) is 5.75 Å². The fourth-order valence-electron chi connectivity index (χ4n) is 1.52. The van der Waals surface area contributed by atoms with Crippen LogP contribution in [0.3, 0.4) is 0 Å². The highest BCUT2D eigenvalue weighted by Gasteiger charge is 2.30. The molecule has 0 saturated carbocycles. The molecular weight excluding hydrogens is 256 g/mol. The first-order valence-corrected chi connectivity index (χ1v) is 7.31. The summed E-state index contributed by atoms with van der Waals surface area (Å²) in [5.74, 6) is -1.04. The van der Waals surface area contributed by atoms with E-state index < -0.39 is 21.1 Å². The monoisotopic (exact) mass is 272 g/mol. The Morgan fingerprint density at radius 1 is 1.33 bits per heavy atom.